The maximum atomic E-state index is 12.6. The number of aromatic carboxylic acids is 1. The fraction of sp³-hybridized carbons (Fsp3) is 0.333. The summed E-state index contributed by atoms with van der Waals surface area (Å²) < 4.78 is 1.99. The minimum atomic E-state index is -1.16. The fourth-order valence-corrected chi connectivity index (χ4v) is 5.18. The third kappa shape index (κ3) is 3.21. The predicted octanol–water partition coefficient (Wildman–Crippen LogP) is 4.38. The van der Waals surface area contributed by atoms with Gasteiger partial charge in [-0.05, 0) is 55.5 Å². The van der Waals surface area contributed by atoms with E-state index in [1.54, 1.807) is 6.07 Å². The third-order valence-electron chi connectivity index (χ3n) is 5.52. The molecular weight excluding hydrogens is 440 g/mol. The summed E-state index contributed by atoms with van der Waals surface area (Å²) in [5, 5.41) is 13.4. The number of carboxylic acid groups (broad SMARTS) is 1. The van der Waals surface area contributed by atoms with Crippen LogP contribution in [0, 0.1) is 0 Å². The Morgan fingerprint density at radius 1 is 1.29 bits per heavy atom. The van der Waals surface area contributed by atoms with E-state index >= 15 is 0 Å². The molecule has 28 heavy (non-hydrogen) atoms. The van der Waals surface area contributed by atoms with Gasteiger partial charge < -0.3 is 15.0 Å². The molecule has 146 valence electrons. The summed E-state index contributed by atoms with van der Waals surface area (Å²) in [5.41, 5.74) is 2.74. The Balaban J connectivity index is 0.00000192. The average Bonchev–Trinajstić information content (AvgIpc) is 3.40. The molecule has 0 amide bonds. The number of nitrogens with one attached hydrogen (secondary N) is 1. The van der Waals surface area contributed by atoms with Crippen LogP contribution in [0.15, 0.2) is 35.3 Å². The number of nitrogens with zero attached hydrogens (tertiary/aromatic N) is 1. The van der Waals surface area contributed by atoms with Gasteiger partial charge in [-0.1, -0.05) is 6.07 Å². The van der Waals surface area contributed by atoms with Gasteiger partial charge in [0.1, 0.15) is 5.56 Å². The van der Waals surface area contributed by atoms with Gasteiger partial charge in [-0.15, -0.1) is 28.3 Å². The SMILES string of the molecule is Br.CC1Cc2sc(-c3ccc4c(=O)c(C(=O)O)cn(C5CC5)c4c3)cc2CN1. The van der Waals surface area contributed by atoms with Crippen LogP contribution >= 0.6 is 28.3 Å². The first-order valence-corrected chi connectivity index (χ1v) is 10.1. The van der Waals surface area contributed by atoms with Crippen molar-refractivity contribution in [2.75, 3.05) is 0 Å². The predicted molar refractivity (Wildman–Crippen MR) is 117 cm³/mol. The fourth-order valence-electron chi connectivity index (χ4n) is 3.88. The van der Waals surface area contributed by atoms with E-state index in [4.69, 9.17) is 0 Å². The second kappa shape index (κ2) is 7.13. The van der Waals surface area contributed by atoms with E-state index in [1.165, 1.54) is 21.5 Å². The minimum Gasteiger partial charge on any atom is -0.477 e. The average molecular weight is 461 g/mol. The highest BCUT2D eigenvalue weighted by Crippen LogP contribution is 2.39. The van der Waals surface area contributed by atoms with E-state index in [0.29, 0.717) is 17.5 Å². The largest absolute Gasteiger partial charge is 0.477 e. The number of carboxylic acids is 1. The number of hydrogen-bond donors (Lipinski definition) is 2. The Morgan fingerprint density at radius 2 is 2.07 bits per heavy atom. The molecular formula is C21H21BrN2O3S. The van der Waals surface area contributed by atoms with Crippen LogP contribution in [0.2, 0.25) is 0 Å². The molecule has 2 aromatic heterocycles. The van der Waals surface area contributed by atoms with Crippen molar-refractivity contribution < 1.29 is 9.90 Å². The highest BCUT2D eigenvalue weighted by molar-refractivity contribution is 8.93. The second-order valence-electron chi connectivity index (χ2n) is 7.59. The molecule has 3 aromatic rings. The molecule has 1 aliphatic heterocycles. The summed E-state index contributed by atoms with van der Waals surface area (Å²) in [5.74, 6) is -1.16. The molecule has 5 rings (SSSR count). The first kappa shape index (κ1) is 19.4. The molecule has 2 aliphatic rings. The minimum absolute atomic E-state index is 0. The van der Waals surface area contributed by atoms with Crippen molar-refractivity contribution >= 4 is 45.2 Å². The molecule has 1 saturated carbocycles. The van der Waals surface area contributed by atoms with Gasteiger partial charge in [0, 0.05) is 40.0 Å². The molecule has 1 aliphatic carbocycles. The molecule has 0 radical (unpaired) electrons. The van der Waals surface area contributed by atoms with Crippen molar-refractivity contribution in [3.05, 3.63) is 56.7 Å². The van der Waals surface area contributed by atoms with Gasteiger partial charge in [0.25, 0.3) is 0 Å². The number of benzene rings is 1. The Hall–Kier alpha value is -1.96. The van der Waals surface area contributed by atoms with Gasteiger partial charge in [-0.2, -0.15) is 0 Å². The van der Waals surface area contributed by atoms with Crippen LogP contribution in [0.4, 0.5) is 0 Å². The summed E-state index contributed by atoms with van der Waals surface area (Å²) >= 11 is 1.82. The molecule has 5 nitrogen and oxygen atoms in total. The second-order valence-corrected chi connectivity index (χ2v) is 8.73. The normalized spacial score (nSPS) is 18.5. The monoisotopic (exact) mass is 460 g/mol. The molecule has 7 heteroatoms. The molecule has 2 N–H and O–H groups in total. The Bertz CT molecular complexity index is 1150. The van der Waals surface area contributed by atoms with E-state index in [1.807, 2.05) is 22.0 Å². The zero-order valence-electron chi connectivity index (χ0n) is 15.4. The number of pyridine rings is 1. The van der Waals surface area contributed by atoms with Gasteiger partial charge in [0.15, 0.2) is 0 Å². The zero-order valence-corrected chi connectivity index (χ0v) is 17.9. The summed E-state index contributed by atoms with van der Waals surface area (Å²) in [6, 6.07) is 8.82. The summed E-state index contributed by atoms with van der Waals surface area (Å²) in [7, 11) is 0. The van der Waals surface area contributed by atoms with E-state index in [0.717, 1.165) is 36.9 Å². The zero-order chi connectivity index (χ0) is 18.7. The molecule has 0 spiro atoms. The lowest BCUT2D eigenvalue weighted by atomic mass is 10.0. The highest BCUT2D eigenvalue weighted by atomic mass is 79.9. The standard InChI is InChI=1S/C21H20N2O3S.BrH/c1-11-6-18-13(9-22-11)8-19(27-18)12-2-5-15-17(7-12)23(14-3-4-14)10-16(20(15)24)21(25)26;/h2,5,7-8,10-11,14,22H,3-4,6,9H2,1H3,(H,25,26);1H. The van der Waals surface area contributed by atoms with Crippen LogP contribution in [0.25, 0.3) is 21.3 Å². The number of hydrogen-bond acceptors (Lipinski definition) is 4. The number of fused-ring (bicyclic) bond motifs is 2. The van der Waals surface area contributed by atoms with Crippen molar-refractivity contribution in [2.45, 2.75) is 44.8 Å². The Morgan fingerprint density at radius 3 is 2.79 bits per heavy atom. The highest BCUT2D eigenvalue weighted by Gasteiger charge is 2.27. The van der Waals surface area contributed by atoms with E-state index in [-0.39, 0.29) is 22.5 Å². The van der Waals surface area contributed by atoms with Crippen LogP contribution < -0.4 is 10.7 Å². The summed E-state index contributed by atoms with van der Waals surface area (Å²) in [4.78, 5) is 26.7. The Kier molecular flexibility index (Phi) is 4.93. The topological polar surface area (TPSA) is 71.3 Å². The van der Waals surface area contributed by atoms with Crippen LogP contribution in [0.1, 0.15) is 46.6 Å². The summed E-state index contributed by atoms with van der Waals surface area (Å²) in [6.07, 6.45) is 4.62. The summed E-state index contributed by atoms with van der Waals surface area (Å²) in [6.45, 7) is 3.10. The number of aromatic nitrogens is 1. The number of halogens is 1. The molecule has 0 bridgehead atoms. The first-order valence-electron chi connectivity index (χ1n) is 9.29. The van der Waals surface area contributed by atoms with E-state index < -0.39 is 11.4 Å². The van der Waals surface area contributed by atoms with E-state index in [2.05, 4.69) is 24.4 Å². The molecule has 1 aromatic carbocycles. The number of thiophene rings is 1. The van der Waals surface area contributed by atoms with Crippen LogP contribution in [-0.4, -0.2) is 21.7 Å². The van der Waals surface area contributed by atoms with Crippen LogP contribution in [0.5, 0.6) is 0 Å². The van der Waals surface area contributed by atoms with Crippen LogP contribution in [-0.2, 0) is 13.0 Å². The molecule has 1 fully saturated rings. The molecule has 1 unspecified atom stereocenters. The Labute approximate surface area is 176 Å². The number of carbonyl (C=O) groups is 1. The molecule has 3 heterocycles. The maximum absolute atomic E-state index is 12.6. The van der Waals surface area contributed by atoms with Crippen molar-refractivity contribution in [3.63, 3.8) is 0 Å². The third-order valence-corrected chi connectivity index (χ3v) is 6.77. The smallest absolute Gasteiger partial charge is 0.341 e. The van der Waals surface area contributed by atoms with Crippen molar-refractivity contribution in [2.24, 2.45) is 0 Å². The molecule has 1 atom stereocenters. The van der Waals surface area contributed by atoms with Gasteiger partial charge in [-0.3, -0.25) is 4.79 Å². The molecule has 0 saturated heterocycles. The van der Waals surface area contributed by atoms with Gasteiger partial charge in [0.2, 0.25) is 5.43 Å². The van der Waals surface area contributed by atoms with E-state index in [9.17, 15) is 14.7 Å². The van der Waals surface area contributed by atoms with Crippen molar-refractivity contribution in [1.82, 2.24) is 9.88 Å². The lowest BCUT2D eigenvalue weighted by Crippen LogP contribution is -2.31. The van der Waals surface area contributed by atoms with Gasteiger partial charge >= 0.3 is 5.97 Å². The first-order chi connectivity index (χ1) is 13.0. The lowest BCUT2D eigenvalue weighted by Gasteiger charge is -2.19. The van der Waals surface area contributed by atoms with Crippen molar-refractivity contribution in [1.29, 1.82) is 0 Å². The van der Waals surface area contributed by atoms with Crippen LogP contribution in [0.3, 0.4) is 0 Å². The number of rotatable bonds is 3. The quantitative estimate of drug-likeness (QED) is 0.608. The van der Waals surface area contributed by atoms with Gasteiger partial charge in [-0.25, -0.2) is 4.79 Å². The van der Waals surface area contributed by atoms with Gasteiger partial charge in [0.05, 0.1) is 5.52 Å². The lowest BCUT2D eigenvalue weighted by molar-refractivity contribution is 0.0695. The maximum Gasteiger partial charge on any atom is 0.341 e. The van der Waals surface area contributed by atoms with Crippen molar-refractivity contribution in [3.8, 4) is 10.4 Å².